The van der Waals surface area contributed by atoms with Gasteiger partial charge in [-0.05, 0) is 54.6 Å². The van der Waals surface area contributed by atoms with Gasteiger partial charge >= 0.3 is 5.97 Å². The quantitative estimate of drug-likeness (QED) is 0.490. The summed E-state index contributed by atoms with van der Waals surface area (Å²) in [7, 11) is 1.36. The number of methoxy groups -OCH3 is 1. The predicted octanol–water partition coefficient (Wildman–Crippen LogP) is 4.27. The Morgan fingerprint density at radius 2 is 1.15 bits per heavy atom. The first-order valence-corrected chi connectivity index (χ1v) is 8.12. The number of ether oxygens (including phenoxy) is 1. The van der Waals surface area contributed by atoms with E-state index < -0.39 is 0 Å². The van der Waals surface area contributed by atoms with Crippen molar-refractivity contribution in [3.63, 3.8) is 0 Å². The van der Waals surface area contributed by atoms with E-state index in [0.29, 0.717) is 5.56 Å². The van der Waals surface area contributed by atoms with Gasteiger partial charge in [0, 0.05) is 22.3 Å². The molecule has 0 unspecified atom stereocenters. The number of hydrogen-bond donors (Lipinski definition) is 0. The number of esters is 1. The van der Waals surface area contributed by atoms with Crippen molar-refractivity contribution in [3.8, 4) is 23.7 Å². The average molecular weight is 336 g/mol. The molecule has 0 aromatic heterocycles. The second-order valence-electron chi connectivity index (χ2n) is 5.52. The van der Waals surface area contributed by atoms with Gasteiger partial charge in [0.25, 0.3) is 0 Å². The number of benzene rings is 3. The lowest BCUT2D eigenvalue weighted by atomic mass is 10.1. The Morgan fingerprint density at radius 3 is 1.73 bits per heavy atom. The van der Waals surface area contributed by atoms with Gasteiger partial charge in [0.2, 0.25) is 0 Å². The monoisotopic (exact) mass is 336 g/mol. The minimum absolute atomic E-state index is 0.353. The third kappa shape index (κ3) is 4.63. The number of rotatable bonds is 1. The molecule has 124 valence electrons. The van der Waals surface area contributed by atoms with Gasteiger partial charge in [0.15, 0.2) is 0 Å². The molecular weight excluding hydrogens is 320 g/mol. The van der Waals surface area contributed by atoms with Crippen molar-refractivity contribution in [2.45, 2.75) is 0 Å². The first-order chi connectivity index (χ1) is 12.7. The Hall–Kier alpha value is -3.75. The van der Waals surface area contributed by atoms with E-state index in [-0.39, 0.29) is 5.97 Å². The van der Waals surface area contributed by atoms with Gasteiger partial charge in [-0.2, -0.15) is 0 Å². The Balaban J connectivity index is 1.77. The molecule has 0 radical (unpaired) electrons. The summed E-state index contributed by atoms with van der Waals surface area (Å²) in [4.78, 5) is 11.4. The summed E-state index contributed by atoms with van der Waals surface area (Å²) in [5, 5.41) is 0. The van der Waals surface area contributed by atoms with Crippen LogP contribution in [0.4, 0.5) is 0 Å². The maximum absolute atomic E-state index is 11.4. The number of carbonyl (C=O) groups is 1. The fraction of sp³-hybridized carbons (Fsp3) is 0.0417. The summed E-state index contributed by atoms with van der Waals surface area (Å²) in [6.45, 7) is 0. The van der Waals surface area contributed by atoms with E-state index in [4.69, 9.17) is 0 Å². The van der Waals surface area contributed by atoms with Crippen molar-refractivity contribution in [2.75, 3.05) is 7.11 Å². The molecule has 2 heteroatoms. The minimum atomic E-state index is -0.353. The van der Waals surface area contributed by atoms with E-state index in [0.717, 1.165) is 22.3 Å². The molecule has 3 rings (SSSR count). The molecule has 26 heavy (non-hydrogen) atoms. The van der Waals surface area contributed by atoms with Crippen molar-refractivity contribution in [1.82, 2.24) is 0 Å². The molecule has 0 N–H and O–H groups in total. The average Bonchev–Trinajstić information content (AvgIpc) is 2.71. The van der Waals surface area contributed by atoms with Crippen LogP contribution in [0.25, 0.3) is 0 Å². The van der Waals surface area contributed by atoms with Gasteiger partial charge in [-0.3, -0.25) is 0 Å². The van der Waals surface area contributed by atoms with E-state index in [9.17, 15) is 4.79 Å². The highest BCUT2D eigenvalue weighted by Crippen LogP contribution is 2.07. The molecule has 0 saturated heterocycles. The maximum atomic E-state index is 11.4. The lowest BCUT2D eigenvalue weighted by Gasteiger charge is -1.98. The summed E-state index contributed by atoms with van der Waals surface area (Å²) in [6.07, 6.45) is 0. The van der Waals surface area contributed by atoms with E-state index in [1.54, 1.807) is 24.3 Å². The Kier molecular flexibility index (Phi) is 5.51. The zero-order valence-electron chi connectivity index (χ0n) is 14.3. The molecule has 0 spiro atoms. The van der Waals surface area contributed by atoms with Crippen molar-refractivity contribution in [1.29, 1.82) is 0 Å². The van der Waals surface area contributed by atoms with Crippen LogP contribution in [0.15, 0.2) is 78.9 Å². The lowest BCUT2D eigenvalue weighted by molar-refractivity contribution is 0.0600. The highest BCUT2D eigenvalue weighted by molar-refractivity contribution is 5.89. The standard InChI is InChI=1S/C24H16O2/c1-26-24(25)23-16-14-20(15-17-23)11-13-22-9-5-8-21(18-22)12-10-19-6-3-2-4-7-19/h2-9,14-18H,1H3. The van der Waals surface area contributed by atoms with Gasteiger partial charge in [-0.1, -0.05) is 47.9 Å². The second kappa shape index (κ2) is 8.38. The van der Waals surface area contributed by atoms with Crippen LogP contribution in [0.3, 0.4) is 0 Å². The van der Waals surface area contributed by atoms with E-state index in [1.165, 1.54) is 7.11 Å². The SMILES string of the molecule is COC(=O)c1ccc(C#Cc2cccc(C#Cc3ccccc3)c2)cc1. The van der Waals surface area contributed by atoms with Gasteiger partial charge in [0.05, 0.1) is 12.7 Å². The van der Waals surface area contributed by atoms with E-state index in [1.807, 2.05) is 54.6 Å². The molecule has 0 bridgehead atoms. The lowest BCUT2D eigenvalue weighted by Crippen LogP contribution is -2.00. The fourth-order valence-corrected chi connectivity index (χ4v) is 2.29. The molecule has 0 aliphatic rings. The van der Waals surface area contributed by atoms with Crippen molar-refractivity contribution >= 4 is 5.97 Å². The molecule has 0 aliphatic carbocycles. The van der Waals surface area contributed by atoms with E-state index in [2.05, 4.69) is 28.4 Å². The van der Waals surface area contributed by atoms with Crippen LogP contribution in [-0.2, 0) is 4.74 Å². The Labute approximate surface area is 153 Å². The van der Waals surface area contributed by atoms with Gasteiger partial charge in [-0.15, -0.1) is 0 Å². The summed E-state index contributed by atoms with van der Waals surface area (Å²) in [6, 6.07) is 24.7. The maximum Gasteiger partial charge on any atom is 0.337 e. The van der Waals surface area contributed by atoms with Crippen LogP contribution in [0.2, 0.25) is 0 Å². The molecule has 2 nitrogen and oxygen atoms in total. The van der Waals surface area contributed by atoms with Crippen LogP contribution in [-0.4, -0.2) is 13.1 Å². The molecule has 0 amide bonds. The van der Waals surface area contributed by atoms with Crippen molar-refractivity contribution in [2.24, 2.45) is 0 Å². The van der Waals surface area contributed by atoms with Crippen molar-refractivity contribution in [3.05, 3.63) is 107 Å². The zero-order valence-corrected chi connectivity index (χ0v) is 14.3. The number of carbonyl (C=O) groups excluding carboxylic acids is 1. The molecular formula is C24H16O2. The summed E-state index contributed by atoms with van der Waals surface area (Å²) in [5.41, 5.74) is 4.13. The third-order valence-electron chi connectivity index (χ3n) is 3.64. The molecule has 0 aliphatic heterocycles. The van der Waals surface area contributed by atoms with Crippen LogP contribution in [0, 0.1) is 23.7 Å². The summed E-state index contributed by atoms with van der Waals surface area (Å²) in [5.74, 6) is 12.2. The Bertz CT molecular complexity index is 1020. The third-order valence-corrected chi connectivity index (χ3v) is 3.64. The second-order valence-corrected chi connectivity index (χ2v) is 5.52. The first kappa shape index (κ1) is 17.1. The van der Waals surface area contributed by atoms with Gasteiger partial charge in [0.1, 0.15) is 0 Å². The van der Waals surface area contributed by atoms with Crippen LogP contribution >= 0.6 is 0 Å². The molecule has 3 aromatic carbocycles. The van der Waals surface area contributed by atoms with E-state index >= 15 is 0 Å². The molecule has 0 heterocycles. The Morgan fingerprint density at radius 1 is 0.654 bits per heavy atom. The van der Waals surface area contributed by atoms with Crippen LogP contribution < -0.4 is 0 Å². The number of hydrogen-bond acceptors (Lipinski definition) is 2. The molecule has 0 fully saturated rings. The first-order valence-electron chi connectivity index (χ1n) is 8.12. The normalized spacial score (nSPS) is 9.27. The molecule has 3 aromatic rings. The largest absolute Gasteiger partial charge is 0.465 e. The smallest absolute Gasteiger partial charge is 0.337 e. The fourth-order valence-electron chi connectivity index (χ4n) is 2.29. The predicted molar refractivity (Wildman–Crippen MR) is 103 cm³/mol. The highest BCUT2D eigenvalue weighted by Gasteiger charge is 2.03. The molecule has 0 saturated carbocycles. The topological polar surface area (TPSA) is 26.3 Å². The molecule has 0 atom stereocenters. The van der Waals surface area contributed by atoms with Gasteiger partial charge in [-0.25, -0.2) is 4.79 Å². The van der Waals surface area contributed by atoms with Crippen LogP contribution in [0.5, 0.6) is 0 Å². The van der Waals surface area contributed by atoms with Crippen LogP contribution in [0.1, 0.15) is 32.6 Å². The summed E-state index contributed by atoms with van der Waals surface area (Å²) >= 11 is 0. The van der Waals surface area contributed by atoms with Gasteiger partial charge < -0.3 is 4.74 Å². The minimum Gasteiger partial charge on any atom is -0.465 e. The zero-order chi connectivity index (χ0) is 18.2. The highest BCUT2D eigenvalue weighted by atomic mass is 16.5. The summed E-state index contributed by atoms with van der Waals surface area (Å²) < 4.78 is 4.69. The van der Waals surface area contributed by atoms with Crippen molar-refractivity contribution < 1.29 is 9.53 Å².